The number of nitrogens with zero attached hydrogens (tertiary/aromatic N) is 2. The number of rotatable bonds is 5. The van der Waals surface area contributed by atoms with Gasteiger partial charge in [-0.3, -0.25) is 4.90 Å². The van der Waals surface area contributed by atoms with Gasteiger partial charge in [-0.1, -0.05) is 6.92 Å². The van der Waals surface area contributed by atoms with Gasteiger partial charge in [0.25, 0.3) is 0 Å². The van der Waals surface area contributed by atoms with Crippen LogP contribution < -0.4 is 5.73 Å². The Kier molecular flexibility index (Phi) is 3.52. The van der Waals surface area contributed by atoms with E-state index in [2.05, 4.69) is 31.7 Å². The summed E-state index contributed by atoms with van der Waals surface area (Å²) < 4.78 is 0. The number of nitriles is 1. The molecule has 1 atom stereocenters. The summed E-state index contributed by atoms with van der Waals surface area (Å²) in [4.78, 5) is 2.27. The van der Waals surface area contributed by atoms with Gasteiger partial charge in [-0.05, 0) is 39.2 Å². The van der Waals surface area contributed by atoms with Gasteiger partial charge >= 0.3 is 0 Å². The third kappa shape index (κ3) is 2.46. The van der Waals surface area contributed by atoms with E-state index in [4.69, 9.17) is 11.0 Å². The molecule has 1 aliphatic rings. The Bertz CT molecular complexity index is 227. The highest BCUT2D eigenvalue weighted by molar-refractivity contribution is 5.14. The lowest BCUT2D eigenvalue weighted by molar-refractivity contribution is 0.189. The summed E-state index contributed by atoms with van der Waals surface area (Å²) in [7, 11) is 0. The molecule has 0 amide bonds. The maximum Gasteiger partial charge on any atom is 0.119 e. The summed E-state index contributed by atoms with van der Waals surface area (Å²) in [6, 6.07) is 2.76. The van der Waals surface area contributed by atoms with E-state index in [1.807, 2.05) is 0 Å². The summed E-state index contributed by atoms with van der Waals surface area (Å²) in [6.45, 7) is 8.08. The summed E-state index contributed by atoms with van der Waals surface area (Å²) in [5.74, 6) is 0.431. The second-order valence-corrected chi connectivity index (χ2v) is 4.58. The number of likely N-dealkylation sites (N-methyl/N-ethyl adjacent to an activating group) is 1. The van der Waals surface area contributed by atoms with Crippen LogP contribution in [0.5, 0.6) is 0 Å². The first kappa shape index (κ1) is 11.5. The fourth-order valence-corrected chi connectivity index (χ4v) is 1.85. The predicted molar refractivity (Wildman–Crippen MR) is 57.6 cm³/mol. The molecule has 0 radical (unpaired) electrons. The highest BCUT2D eigenvalue weighted by Gasteiger charge is 2.43. The van der Waals surface area contributed by atoms with E-state index >= 15 is 0 Å². The Labute approximate surface area is 86.9 Å². The maximum atomic E-state index is 9.12. The van der Waals surface area contributed by atoms with Crippen molar-refractivity contribution in [2.75, 3.05) is 13.1 Å². The monoisotopic (exact) mass is 195 g/mol. The van der Waals surface area contributed by atoms with Gasteiger partial charge in [-0.25, -0.2) is 0 Å². The molecular formula is C11H21N3. The van der Waals surface area contributed by atoms with Crippen LogP contribution in [0.3, 0.4) is 0 Å². The standard InChI is InChI=1S/C11H21N3/c1-4-14(9(2)3)8-11(13,7-12)10-5-6-10/h9-10H,4-6,8,13H2,1-3H3. The average molecular weight is 195 g/mol. The average Bonchev–Trinajstić information content (AvgIpc) is 2.96. The molecule has 14 heavy (non-hydrogen) atoms. The quantitative estimate of drug-likeness (QED) is 0.720. The van der Waals surface area contributed by atoms with Crippen LogP contribution in [0, 0.1) is 17.2 Å². The van der Waals surface area contributed by atoms with Crippen molar-refractivity contribution < 1.29 is 0 Å². The van der Waals surface area contributed by atoms with Crippen LogP contribution in [-0.2, 0) is 0 Å². The molecule has 1 unspecified atom stereocenters. The van der Waals surface area contributed by atoms with E-state index in [0.717, 1.165) is 19.4 Å². The van der Waals surface area contributed by atoms with Crippen LogP contribution in [-0.4, -0.2) is 29.6 Å². The van der Waals surface area contributed by atoms with Gasteiger partial charge < -0.3 is 5.73 Å². The van der Waals surface area contributed by atoms with E-state index in [9.17, 15) is 0 Å². The molecule has 3 nitrogen and oxygen atoms in total. The van der Waals surface area contributed by atoms with Crippen LogP contribution in [0.2, 0.25) is 0 Å². The van der Waals surface area contributed by atoms with Crippen LogP contribution in [0.15, 0.2) is 0 Å². The smallest absolute Gasteiger partial charge is 0.119 e. The second-order valence-electron chi connectivity index (χ2n) is 4.58. The lowest BCUT2D eigenvalue weighted by atomic mass is 9.95. The van der Waals surface area contributed by atoms with E-state index in [0.29, 0.717) is 18.5 Å². The zero-order chi connectivity index (χ0) is 10.8. The molecule has 1 aliphatic carbocycles. The zero-order valence-corrected chi connectivity index (χ0v) is 9.45. The molecule has 2 N–H and O–H groups in total. The molecule has 0 spiro atoms. The van der Waals surface area contributed by atoms with E-state index in [1.54, 1.807) is 0 Å². The van der Waals surface area contributed by atoms with Crippen LogP contribution in [0.1, 0.15) is 33.6 Å². The molecule has 0 aliphatic heterocycles. The maximum absolute atomic E-state index is 9.12. The first-order chi connectivity index (χ1) is 6.53. The van der Waals surface area contributed by atoms with Crippen molar-refractivity contribution in [3.05, 3.63) is 0 Å². The van der Waals surface area contributed by atoms with Crippen molar-refractivity contribution >= 4 is 0 Å². The molecule has 0 aromatic heterocycles. The van der Waals surface area contributed by atoms with Crippen molar-refractivity contribution in [1.29, 1.82) is 5.26 Å². The Morgan fingerprint density at radius 2 is 2.14 bits per heavy atom. The lowest BCUT2D eigenvalue weighted by Gasteiger charge is -2.32. The normalized spacial score (nSPS) is 20.9. The van der Waals surface area contributed by atoms with Crippen LogP contribution in [0.4, 0.5) is 0 Å². The Hall–Kier alpha value is -0.590. The first-order valence-corrected chi connectivity index (χ1v) is 5.47. The van der Waals surface area contributed by atoms with Gasteiger partial charge in [0.1, 0.15) is 5.54 Å². The second kappa shape index (κ2) is 4.29. The minimum atomic E-state index is -0.611. The van der Waals surface area contributed by atoms with Gasteiger partial charge in [0.15, 0.2) is 0 Å². The molecular weight excluding hydrogens is 174 g/mol. The molecule has 0 heterocycles. The van der Waals surface area contributed by atoms with E-state index in [-0.39, 0.29) is 0 Å². The Balaban J connectivity index is 2.59. The highest BCUT2D eigenvalue weighted by atomic mass is 15.2. The van der Waals surface area contributed by atoms with Crippen molar-refractivity contribution in [3.8, 4) is 6.07 Å². The molecule has 3 heteroatoms. The first-order valence-electron chi connectivity index (χ1n) is 5.47. The molecule has 0 bridgehead atoms. The third-order valence-corrected chi connectivity index (χ3v) is 3.12. The minimum absolute atomic E-state index is 0.431. The summed E-state index contributed by atoms with van der Waals surface area (Å²) >= 11 is 0. The molecule has 80 valence electrons. The molecule has 0 aromatic rings. The molecule has 0 saturated heterocycles. The van der Waals surface area contributed by atoms with E-state index < -0.39 is 5.54 Å². The zero-order valence-electron chi connectivity index (χ0n) is 9.45. The minimum Gasteiger partial charge on any atom is -0.312 e. The fourth-order valence-electron chi connectivity index (χ4n) is 1.85. The van der Waals surface area contributed by atoms with Crippen molar-refractivity contribution in [1.82, 2.24) is 4.90 Å². The van der Waals surface area contributed by atoms with Gasteiger partial charge in [0, 0.05) is 12.6 Å². The van der Waals surface area contributed by atoms with Crippen LogP contribution in [0.25, 0.3) is 0 Å². The topological polar surface area (TPSA) is 53.0 Å². The van der Waals surface area contributed by atoms with E-state index in [1.165, 1.54) is 0 Å². The van der Waals surface area contributed by atoms with Gasteiger partial charge in [-0.2, -0.15) is 5.26 Å². The largest absolute Gasteiger partial charge is 0.312 e. The Morgan fingerprint density at radius 3 is 2.43 bits per heavy atom. The third-order valence-electron chi connectivity index (χ3n) is 3.12. The Morgan fingerprint density at radius 1 is 1.57 bits per heavy atom. The van der Waals surface area contributed by atoms with Crippen molar-refractivity contribution in [3.63, 3.8) is 0 Å². The summed E-state index contributed by atoms with van der Waals surface area (Å²) in [6.07, 6.45) is 2.25. The molecule has 1 rings (SSSR count). The fraction of sp³-hybridized carbons (Fsp3) is 0.909. The van der Waals surface area contributed by atoms with Gasteiger partial charge in [0.2, 0.25) is 0 Å². The highest BCUT2D eigenvalue weighted by Crippen LogP contribution is 2.38. The predicted octanol–water partition coefficient (Wildman–Crippen LogP) is 1.35. The van der Waals surface area contributed by atoms with Crippen molar-refractivity contribution in [2.45, 2.75) is 45.2 Å². The van der Waals surface area contributed by atoms with Gasteiger partial charge in [-0.15, -0.1) is 0 Å². The number of hydrogen-bond donors (Lipinski definition) is 1. The SMILES string of the molecule is CCN(CC(N)(C#N)C1CC1)C(C)C. The number of nitrogens with two attached hydrogens (primary N) is 1. The summed E-state index contributed by atoms with van der Waals surface area (Å²) in [5, 5.41) is 9.12. The lowest BCUT2D eigenvalue weighted by Crippen LogP contribution is -2.52. The van der Waals surface area contributed by atoms with Crippen molar-refractivity contribution in [2.24, 2.45) is 11.7 Å². The number of hydrogen-bond acceptors (Lipinski definition) is 3. The molecule has 1 saturated carbocycles. The van der Waals surface area contributed by atoms with Crippen LogP contribution >= 0.6 is 0 Å². The summed E-state index contributed by atoms with van der Waals surface area (Å²) in [5.41, 5.74) is 5.50. The van der Waals surface area contributed by atoms with Gasteiger partial charge in [0.05, 0.1) is 6.07 Å². The molecule has 0 aromatic carbocycles. The molecule has 1 fully saturated rings.